The van der Waals surface area contributed by atoms with Crippen molar-refractivity contribution in [3.05, 3.63) is 92.5 Å². The van der Waals surface area contributed by atoms with Crippen LogP contribution in [0.2, 0.25) is 10.0 Å². The Bertz CT molecular complexity index is 1300. The van der Waals surface area contributed by atoms with E-state index in [1.807, 2.05) is 48.2 Å². The van der Waals surface area contributed by atoms with Crippen molar-refractivity contribution >= 4 is 51.0 Å². The molecule has 4 rings (SSSR count). The highest BCUT2D eigenvalue weighted by Crippen LogP contribution is 2.37. The quantitative estimate of drug-likeness (QED) is 0.188. The van der Waals surface area contributed by atoms with Gasteiger partial charge >= 0.3 is 0 Å². The van der Waals surface area contributed by atoms with Crippen molar-refractivity contribution < 1.29 is 9.66 Å². The van der Waals surface area contributed by atoms with Crippen LogP contribution >= 0.6 is 34.5 Å². The zero-order chi connectivity index (χ0) is 23.4. The van der Waals surface area contributed by atoms with Crippen molar-refractivity contribution in [3.63, 3.8) is 0 Å². The van der Waals surface area contributed by atoms with Crippen LogP contribution in [0.1, 0.15) is 12.5 Å². The first-order valence-corrected chi connectivity index (χ1v) is 11.5. The van der Waals surface area contributed by atoms with Crippen molar-refractivity contribution in [2.75, 3.05) is 11.5 Å². The van der Waals surface area contributed by atoms with Crippen LogP contribution < -0.4 is 9.64 Å². The fourth-order valence-corrected chi connectivity index (χ4v) is 4.35. The Hall–Kier alpha value is -3.20. The van der Waals surface area contributed by atoms with Crippen molar-refractivity contribution in [1.82, 2.24) is 10.2 Å². The standard InChI is InChI=1S/C23H18Cl2N4O3S/c1-2-32-19-8-4-6-16(12-19)22-26-27-23(33-22)28(17-9-10-20(24)21(25)13-17)14-15-5-3-7-18(11-15)29(30)31/h3-13H,2,14H2,1H3. The molecule has 7 nitrogen and oxygen atoms in total. The number of nitro benzene ring substituents is 1. The lowest BCUT2D eigenvalue weighted by atomic mass is 10.2. The molecule has 4 aromatic rings. The molecule has 0 spiro atoms. The van der Waals surface area contributed by atoms with Crippen molar-refractivity contribution in [3.8, 4) is 16.3 Å². The molecule has 0 fully saturated rings. The molecule has 0 unspecified atom stereocenters. The van der Waals surface area contributed by atoms with Crippen molar-refractivity contribution in [2.24, 2.45) is 0 Å². The Balaban J connectivity index is 1.72. The molecule has 1 heterocycles. The van der Waals surface area contributed by atoms with Crippen LogP contribution in [0.25, 0.3) is 10.6 Å². The number of ether oxygens (including phenoxy) is 1. The molecule has 0 saturated carbocycles. The molecule has 168 valence electrons. The first kappa shape index (κ1) is 23.0. The summed E-state index contributed by atoms with van der Waals surface area (Å²) < 4.78 is 5.59. The maximum atomic E-state index is 11.2. The summed E-state index contributed by atoms with van der Waals surface area (Å²) in [5, 5.41) is 22.1. The smallest absolute Gasteiger partial charge is 0.269 e. The highest BCUT2D eigenvalue weighted by atomic mass is 35.5. The third-order valence-electron chi connectivity index (χ3n) is 4.71. The Morgan fingerprint density at radius 3 is 2.61 bits per heavy atom. The average molecular weight is 501 g/mol. The van der Waals surface area contributed by atoms with Gasteiger partial charge in [-0.15, -0.1) is 10.2 Å². The van der Waals surface area contributed by atoms with Gasteiger partial charge in [0, 0.05) is 23.4 Å². The summed E-state index contributed by atoms with van der Waals surface area (Å²) in [6.07, 6.45) is 0. The number of rotatable bonds is 8. The minimum Gasteiger partial charge on any atom is -0.494 e. The molecular formula is C23H18Cl2N4O3S. The molecule has 33 heavy (non-hydrogen) atoms. The van der Waals surface area contributed by atoms with Gasteiger partial charge in [-0.3, -0.25) is 10.1 Å². The van der Waals surface area contributed by atoms with Gasteiger partial charge in [0.1, 0.15) is 10.8 Å². The maximum Gasteiger partial charge on any atom is 0.269 e. The van der Waals surface area contributed by atoms with Gasteiger partial charge in [-0.25, -0.2) is 0 Å². The lowest BCUT2D eigenvalue weighted by molar-refractivity contribution is -0.384. The molecule has 0 N–H and O–H groups in total. The first-order valence-electron chi connectivity index (χ1n) is 9.97. The van der Waals surface area contributed by atoms with Crippen LogP contribution in [0.3, 0.4) is 0 Å². The molecule has 0 amide bonds. The highest BCUT2D eigenvalue weighted by Gasteiger charge is 2.19. The average Bonchev–Trinajstić information content (AvgIpc) is 3.30. The Morgan fingerprint density at radius 1 is 1.03 bits per heavy atom. The van der Waals surface area contributed by atoms with E-state index in [0.29, 0.717) is 28.3 Å². The summed E-state index contributed by atoms with van der Waals surface area (Å²) in [5.41, 5.74) is 2.38. The number of nitro groups is 1. The topological polar surface area (TPSA) is 81.4 Å². The normalized spacial score (nSPS) is 10.8. The van der Waals surface area contributed by atoms with E-state index < -0.39 is 4.92 Å². The molecule has 0 aliphatic carbocycles. The van der Waals surface area contributed by atoms with Crippen molar-refractivity contribution in [1.29, 1.82) is 0 Å². The number of benzene rings is 3. The Kier molecular flexibility index (Phi) is 7.08. The predicted molar refractivity (Wildman–Crippen MR) is 132 cm³/mol. The van der Waals surface area contributed by atoms with E-state index in [1.165, 1.54) is 23.5 Å². The first-order chi connectivity index (χ1) is 15.9. The van der Waals surface area contributed by atoms with Gasteiger partial charge in [0.2, 0.25) is 5.13 Å². The summed E-state index contributed by atoms with van der Waals surface area (Å²) in [6, 6.07) is 19.4. The monoisotopic (exact) mass is 500 g/mol. The summed E-state index contributed by atoms with van der Waals surface area (Å²) in [5.74, 6) is 0.754. The number of anilines is 2. The van der Waals surface area contributed by atoms with E-state index in [-0.39, 0.29) is 5.69 Å². The van der Waals surface area contributed by atoms with Crippen LogP contribution in [0.4, 0.5) is 16.5 Å². The third-order valence-corrected chi connectivity index (χ3v) is 6.45. The fourth-order valence-electron chi connectivity index (χ4n) is 3.20. The molecular weight excluding hydrogens is 483 g/mol. The second kappa shape index (κ2) is 10.2. The van der Waals surface area contributed by atoms with Crippen LogP contribution in [0, 0.1) is 10.1 Å². The second-order valence-electron chi connectivity index (χ2n) is 6.96. The molecule has 0 aliphatic heterocycles. The van der Waals surface area contributed by atoms with Crippen LogP contribution in [-0.4, -0.2) is 21.7 Å². The number of non-ortho nitro benzene ring substituents is 1. The lowest BCUT2D eigenvalue weighted by Gasteiger charge is -2.22. The van der Waals surface area contributed by atoms with Gasteiger partial charge in [-0.1, -0.05) is 58.8 Å². The largest absolute Gasteiger partial charge is 0.494 e. The SMILES string of the molecule is CCOc1cccc(-c2nnc(N(Cc3cccc([N+](=O)[O-])c3)c3ccc(Cl)c(Cl)c3)s2)c1. The minimum absolute atomic E-state index is 0.0206. The number of hydrogen-bond acceptors (Lipinski definition) is 7. The summed E-state index contributed by atoms with van der Waals surface area (Å²) in [4.78, 5) is 12.7. The predicted octanol–water partition coefficient (Wildman–Crippen LogP) is 7.16. The summed E-state index contributed by atoms with van der Waals surface area (Å²) in [6.45, 7) is 2.82. The van der Waals surface area contributed by atoms with Gasteiger partial charge in [0.15, 0.2) is 0 Å². The molecule has 3 aromatic carbocycles. The molecule has 0 aliphatic rings. The summed E-state index contributed by atoms with van der Waals surface area (Å²) in [7, 11) is 0. The van der Waals surface area contributed by atoms with Gasteiger partial charge in [0.25, 0.3) is 5.69 Å². The van der Waals surface area contributed by atoms with Crippen LogP contribution in [0.15, 0.2) is 66.7 Å². The molecule has 0 bridgehead atoms. The highest BCUT2D eigenvalue weighted by molar-refractivity contribution is 7.18. The van der Waals surface area contributed by atoms with E-state index in [2.05, 4.69) is 10.2 Å². The zero-order valence-electron chi connectivity index (χ0n) is 17.4. The number of nitrogens with zero attached hydrogens (tertiary/aromatic N) is 4. The zero-order valence-corrected chi connectivity index (χ0v) is 19.8. The van der Waals surface area contributed by atoms with Gasteiger partial charge in [0.05, 0.1) is 28.1 Å². The number of halogens is 2. The third kappa shape index (κ3) is 5.42. The van der Waals surface area contributed by atoms with E-state index in [1.54, 1.807) is 18.2 Å². The van der Waals surface area contributed by atoms with Gasteiger partial charge < -0.3 is 9.64 Å². The Labute approximate surface area is 204 Å². The Morgan fingerprint density at radius 2 is 1.85 bits per heavy atom. The van der Waals surface area contributed by atoms with E-state index in [9.17, 15) is 10.1 Å². The molecule has 10 heteroatoms. The van der Waals surface area contributed by atoms with E-state index in [0.717, 1.165) is 27.6 Å². The lowest BCUT2D eigenvalue weighted by Crippen LogP contribution is -2.16. The van der Waals surface area contributed by atoms with Crippen LogP contribution in [-0.2, 0) is 6.54 Å². The molecule has 0 radical (unpaired) electrons. The van der Waals surface area contributed by atoms with E-state index >= 15 is 0 Å². The molecule has 0 atom stereocenters. The molecule has 1 aromatic heterocycles. The minimum atomic E-state index is -0.415. The van der Waals surface area contributed by atoms with Gasteiger partial charge in [-0.2, -0.15) is 0 Å². The van der Waals surface area contributed by atoms with Gasteiger partial charge in [-0.05, 0) is 42.8 Å². The number of aromatic nitrogens is 2. The number of hydrogen-bond donors (Lipinski definition) is 0. The maximum absolute atomic E-state index is 11.2. The molecule has 0 saturated heterocycles. The summed E-state index contributed by atoms with van der Waals surface area (Å²) >= 11 is 13.8. The second-order valence-corrected chi connectivity index (χ2v) is 8.73. The van der Waals surface area contributed by atoms with Crippen molar-refractivity contribution in [2.45, 2.75) is 13.5 Å². The van der Waals surface area contributed by atoms with Crippen LogP contribution in [0.5, 0.6) is 5.75 Å². The fraction of sp³-hybridized carbons (Fsp3) is 0.130. The van der Waals surface area contributed by atoms with E-state index in [4.69, 9.17) is 27.9 Å².